The summed E-state index contributed by atoms with van der Waals surface area (Å²) in [6, 6.07) is 0. The van der Waals surface area contributed by atoms with Crippen molar-refractivity contribution in [2.75, 3.05) is 13.2 Å². The summed E-state index contributed by atoms with van der Waals surface area (Å²) in [5.41, 5.74) is 0. The number of unbranched alkanes of at least 4 members (excludes halogenated alkanes) is 13. The molecule has 0 saturated carbocycles. The Balaban J connectivity index is 4.03. The molecule has 8 nitrogen and oxygen atoms in total. The van der Waals surface area contributed by atoms with E-state index in [0.29, 0.717) is 19.3 Å². The number of ether oxygens (including phenoxy) is 2. The number of carbonyl (C=O) groups is 2. The zero-order chi connectivity index (χ0) is 39.6. The molecule has 0 bridgehead atoms. The molecule has 0 aromatic carbocycles. The lowest BCUT2D eigenvalue weighted by Gasteiger charge is -2.18. The number of phosphoric ester groups is 1. The minimum absolute atomic E-state index is 0.128. The monoisotopic (exact) mass is 775 g/mol. The van der Waals surface area contributed by atoms with Crippen molar-refractivity contribution in [3.05, 3.63) is 85.1 Å². The molecule has 0 aliphatic rings. The molecule has 0 fully saturated rings. The third-order valence-electron chi connectivity index (χ3n) is 8.40. The smallest absolute Gasteiger partial charge is 0.462 e. The summed E-state index contributed by atoms with van der Waals surface area (Å²) in [7, 11) is -4.78. The zero-order valence-electron chi connectivity index (χ0n) is 33.8. The molecule has 0 rings (SSSR count). The molecule has 0 spiro atoms. The topological polar surface area (TPSA) is 119 Å². The Morgan fingerprint density at radius 3 is 1.39 bits per heavy atom. The molecule has 1 atom stereocenters. The van der Waals surface area contributed by atoms with Crippen molar-refractivity contribution < 1.29 is 37.9 Å². The number of hydrogen-bond donors (Lipinski definition) is 2. The van der Waals surface area contributed by atoms with Crippen LogP contribution in [0.15, 0.2) is 85.1 Å². The van der Waals surface area contributed by atoms with E-state index in [9.17, 15) is 14.2 Å². The highest BCUT2D eigenvalue weighted by molar-refractivity contribution is 7.46. The van der Waals surface area contributed by atoms with Gasteiger partial charge in [0.1, 0.15) is 6.61 Å². The average molecular weight is 775 g/mol. The Labute approximate surface area is 329 Å². The second kappa shape index (κ2) is 39.9. The van der Waals surface area contributed by atoms with E-state index in [1.54, 1.807) is 0 Å². The van der Waals surface area contributed by atoms with Crippen LogP contribution in [0.5, 0.6) is 0 Å². The van der Waals surface area contributed by atoms with E-state index < -0.39 is 32.5 Å². The number of esters is 2. The van der Waals surface area contributed by atoms with Crippen LogP contribution in [-0.4, -0.2) is 41.0 Å². The Morgan fingerprint density at radius 2 is 0.907 bits per heavy atom. The fourth-order valence-electron chi connectivity index (χ4n) is 5.32. The molecule has 0 radical (unpaired) electrons. The number of phosphoric acid groups is 1. The molecule has 0 amide bonds. The first kappa shape index (κ1) is 51.2. The highest BCUT2D eigenvalue weighted by Gasteiger charge is 2.22. The van der Waals surface area contributed by atoms with Crippen LogP contribution >= 0.6 is 7.82 Å². The van der Waals surface area contributed by atoms with E-state index >= 15 is 0 Å². The maximum Gasteiger partial charge on any atom is 0.469 e. The highest BCUT2D eigenvalue weighted by Crippen LogP contribution is 2.36. The van der Waals surface area contributed by atoms with Gasteiger partial charge in [0.2, 0.25) is 0 Å². The van der Waals surface area contributed by atoms with Crippen molar-refractivity contribution >= 4 is 19.8 Å². The van der Waals surface area contributed by atoms with Gasteiger partial charge >= 0.3 is 19.8 Å². The van der Waals surface area contributed by atoms with E-state index in [1.807, 2.05) is 12.2 Å². The summed E-state index contributed by atoms with van der Waals surface area (Å²) in [6.45, 7) is 3.49. The van der Waals surface area contributed by atoms with Crippen LogP contribution in [0.2, 0.25) is 0 Å². The molecule has 0 aromatic rings. The van der Waals surface area contributed by atoms with E-state index in [1.165, 1.54) is 57.8 Å². The van der Waals surface area contributed by atoms with Gasteiger partial charge in [0.15, 0.2) is 6.10 Å². The first-order valence-electron chi connectivity index (χ1n) is 20.9. The maximum atomic E-state index is 12.4. The van der Waals surface area contributed by atoms with Crippen LogP contribution in [0.3, 0.4) is 0 Å². The van der Waals surface area contributed by atoms with Crippen molar-refractivity contribution in [1.29, 1.82) is 0 Å². The SMILES string of the molecule is CC/C=C\C/C=C\C/C=C\C/C=C\C/C=C\CCCC(=O)OC(COC(=O)CCCCCCCCCCC/C=C\C/C=C\CCCCC)COP(=O)(O)O. The predicted molar refractivity (Wildman–Crippen MR) is 225 cm³/mol. The number of allylic oxidation sites excluding steroid dienone is 14. The lowest BCUT2D eigenvalue weighted by Crippen LogP contribution is -2.29. The third-order valence-corrected chi connectivity index (χ3v) is 8.88. The van der Waals surface area contributed by atoms with Gasteiger partial charge in [0.25, 0.3) is 0 Å². The third kappa shape index (κ3) is 42.0. The minimum Gasteiger partial charge on any atom is -0.462 e. The average Bonchev–Trinajstić information content (AvgIpc) is 3.14. The van der Waals surface area contributed by atoms with Gasteiger partial charge in [-0.15, -0.1) is 0 Å². The van der Waals surface area contributed by atoms with Crippen LogP contribution in [0.4, 0.5) is 0 Å². The van der Waals surface area contributed by atoms with Crippen LogP contribution in [0.1, 0.15) is 168 Å². The number of hydrogen-bond acceptors (Lipinski definition) is 6. The summed E-state index contributed by atoms with van der Waals surface area (Å²) in [5, 5.41) is 0. The Bertz CT molecular complexity index is 1140. The van der Waals surface area contributed by atoms with Crippen molar-refractivity contribution in [3.63, 3.8) is 0 Å². The molecule has 0 aromatic heterocycles. The minimum atomic E-state index is -4.78. The molecule has 0 aliphatic heterocycles. The van der Waals surface area contributed by atoms with Gasteiger partial charge in [-0.05, 0) is 83.5 Å². The Kier molecular flexibility index (Phi) is 37.9. The first-order chi connectivity index (χ1) is 26.3. The Morgan fingerprint density at radius 1 is 0.500 bits per heavy atom. The summed E-state index contributed by atoms with van der Waals surface area (Å²) in [4.78, 5) is 42.8. The first-order valence-corrected chi connectivity index (χ1v) is 22.4. The molecule has 308 valence electrons. The fourth-order valence-corrected chi connectivity index (χ4v) is 5.68. The number of rotatable bonds is 37. The quantitative estimate of drug-likeness (QED) is 0.0277. The van der Waals surface area contributed by atoms with Crippen molar-refractivity contribution in [2.24, 2.45) is 0 Å². The van der Waals surface area contributed by atoms with E-state index in [0.717, 1.165) is 64.2 Å². The van der Waals surface area contributed by atoms with Crippen LogP contribution in [0.25, 0.3) is 0 Å². The largest absolute Gasteiger partial charge is 0.469 e. The number of carbonyl (C=O) groups excluding carboxylic acids is 2. The maximum absolute atomic E-state index is 12.4. The molecule has 1 unspecified atom stereocenters. The summed E-state index contributed by atoms with van der Waals surface area (Å²) in [5.74, 6) is -0.964. The Hall–Kier alpha value is -2.77. The normalized spacial score (nSPS) is 13.3. The van der Waals surface area contributed by atoms with Gasteiger partial charge in [-0.3, -0.25) is 14.1 Å². The second-order valence-corrected chi connectivity index (χ2v) is 14.8. The van der Waals surface area contributed by atoms with E-state index in [2.05, 4.69) is 91.3 Å². The molecule has 2 N–H and O–H groups in total. The van der Waals surface area contributed by atoms with E-state index in [-0.39, 0.29) is 19.4 Å². The van der Waals surface area contributed by atoms with Crippen LogP contribution < -0.4 is 0 Å². The summed E-state index contributed by atoms with van der Waals surface area (Å²) in [6.07, 6.45) is 53.1. The fraction of sp³-hybridized carbons (Fsp3) is 0.644. The summed E-state index contributed by atoms with van der Waals surface area (Å²) < 4.78 is 26.3. The van der Waals surface area contributed by atoms with Gasteiger partial charge in [-0.2, -0.15) is 0 Å². The van der Waals surface area contributed by atoms with Gasteiger partial charge in [-0.25, -0.2) is 4.57 Å². The van der Waals surface area contributed by atoms with Crippen molar-refractivity contribution in [1.82, 2.24) is 0 Å². The zero-order valence-corrected chi connectivity index (χ0v) is 34.7. The predicted octanol–water partition coefficient (Wildman–Crippen LogP) is 12.8. The van der Waals surface area contributed by atoms with Gasteiger partial charge in [0.05, 0.1) is 6.61 Å². The van der Waals surface area contributed by atoms with Gasteiger partial charge in [0, 0.05) is 12.8 Å². The lowest BCUT2D eigenvalue weighted by atomic mass is 10.1. The van der Waals surface area contributed by atoms with Crippen LogP contribution in [0, 0.1) is 0 Å². The standard InChI is InChI=1S/C45H75O8P/c1-3-5-7-9-11-13-15-17-19-21-22-24-25-27-29-31-33-35-37-39-44(46)51-41-43(42-52-54(48,49)50)53-45(47)40-38-36-34-32-30-28-26-23-20-18-16-14-12-10-8-6-4-2/h6,8,11-14,17-20,26,28,32,34,43H,3-5,7,9-10,15-16,21-25,27,29-31,33,35-42H2,1-2H3,(H2,48,49,50)/b8-6-,13-11-,14-12-,19-17-,20-18-,28-26-,34-32-. The second-order valence-electron chi connectivity index (χ2n) is 13.6. The molecule has 0 saturated heterocycles. The summed E-state index contributed by atoms with van der Waals surface area (Å²) >= 11 is 0. The van der Waals surface area contributed by atoms with E-state index in [4.69, 9.17) is 19.3 Å². The molecular formula is C45H75O8P. The van der Waals surface area contributed by atoms with Crippen LogP contribution in [-0.2, 0) is 28.2 Å². The molecule has 9 heteroatoms. The highest BCUT2D eigenvalue weighted by atomic mass is 31.2. The molecule has 0 aliphatic carbocycles. The van der Waals surface area contributed by atoms with Crippen molar-refractivity contribution in [2.45, 2.75) is 174 Å². The molecular weight excluding hydrogens is 699 g/mol. The molecule has 54 heavy (non-hydrogen) atoms. The molecule has 0 heterocycles. The van der Waals surface area contributed by atoms with Gasteiger partial charge < -0.3 is 19.3 Å². The lowest BCUT2D eigenvalue weighted by molar-refractivity contribution is -0.161. The van der Waals surface area contributed by atoms with Gasteiger partial charge in [-0.1, -0.05) is 157 Å². The van der Waals surface area contributed by atoms with Crippen molar-refractivity contribution in [3.8, 4) is 0 Å².